The van der Waals surface area contributed by atoms with Crippen molar-refractivity contribution in [1.29, 1.82) is 0 Å². The summed E-state index contributed by atoms with van der Waals surface area (Å²) in [5, 5.41) is 0. The zero-order valence-electron chi connectivity index (χ0n) is 19.4. The van der Waals surface area contributed by atoms with Gasteiger partial charge in [-0.15, -0.1) is 0 Å². The second kappa shape index (κ2) is 11.2. The Morgan fingerprint density at radius 1 is 0.800 bits per heavy atom. The number of rotatable bonds is 7. The molecule has 0 atom stereocenters. The van der Waals surface area contributed by atoms with E-state index in [0.29, 0.717) is 17.5 Å². The molecule has 0 bridgehead atoms. The first-order chi connectivity index (χ1) is 16.9. The van der Waals surface area contributed by atoms with Gasteiger partial charge in [0.05, 0.1) is 21.1 Å². The van der Waals surface area contributed by atoms with E-state index in [4.69, 9.17) is 17.3 Å². The lowest BCUT2D eigenvalue weighted by atomic mass is 9.92. The van der Waals surface area contributed by atoms with Crippen LogP contribution in [-0.2, 0) is 15.8 Å². The molecule has 1 fully saturated rings. The molecule has 0 N–H and O–H groups in total. The van der Waals surface area contributed by atoms with Crippen LogP contribution in [0, 0.1) is 23.3 Å². The second-order valence-electron chi connectivity index (χ2n) is 8.45. The lowest BCUT2D eigenvalue weighted by Crippen LogP contribution is -2.31. The van der Waals surface area contributed by atoms with Gasteiger partial charge in [-0.2, -0.15) is 0 Å². The summed E-state index contributed by atoms with van der Waals surface area (Å²) in [4.78, 5) is 0. The van der Waals surface area contributed by atoms with E-state index in [9.17, 15) is 13.2 Å². The summed E-state index contributed by atoms with van der Waals surface area (Å²) < 4.78 is 69.9. The van der Waals surface area contributed by atoms with Gasteiger partial charge in [-0.1, -0.05) is 67.0 Å². The van der Waals surface area contributed by atoms with E-state index in [0.717, 1.165) is 6.42 Å². The molecule has 2 radical (unpaired) electrons. The van der Waals surface area contributed by atoms with Crippen molar-refractivity contribution in [1.82, 2.24) is 0 Å². The summed E-state index contributed by atoms with van der Waals surface area (Å²) in [5.74, 6) is -4.31. The Hall–Kier alpha value is -2.90. The van der Waals surface area contributed by atoms with Crippen LogP contribution in [-0.4, -0.2) is 27.4 Å². The van der Waals surface area contributed by atoms with Crippen LogP contribution < -0.4 is 0 Å². The topological polar surface area (TPSA) is 18.5 Å². The Balaban J connectivity index is 1.51. The monoisotopic (exact) mass is 480 g/mol. The maximum absolute atomic E-state index is 15.0. The summed E-state index contributed by atoms with van der Waals surface area (Å²) in [5.41, 5.74) is 1.24. The minimum Gasteiger partial charge on any atom is -0.352 e. The maximum atomic E-state index is 15.0. The fraction of sp³-hybridized carbons (Fsp3) is 0.286. The van der Waals surface area contributed by atoms with Gasteiger partial charge in [0, 0.05) is 23.5 Å². The number of hydrogen-bond donors (Lipinski definition) is 0. The first-order valence-electron chi connectivity index (χ1n) is 11.5. The van der Waals surface area contributed by atoms with Crippen molar-refractivity contribution in [3.63, 3.8) is 0 Å². The van der Waals surface area contributed by atoms with Crippen molar-refractivity contribution in [2.24, 2.45) is 0 Å². The standard InChI is InChI=1S/C28H25BF4O2/c1-2-3-4-5-24-34-15-20(16-35-24)23-13-12-22(27(32)28(23)33)18-8-6-17(7-9-18)21-11-10-19(14-29)25(30)26(21)31/h2-3,6-13,20,24H,4-5,14-16H2,1H3/b3-2+. The Bertz CT molecular complexity index is 1200. The second-order valence-corrected chi connectivity index (χ2v) is 8.45. The van der Waals surface area contributed by atoms with Gasteiger partial charge in [0.25, 0.3) is 0 Å². The predicted molar refractivity (Wildman–Crippen MR) is 129 cm³/mol. The van der Waals surface area contributed by atoms with Crippen molar-refractivity contribution < 1.29 is 27.0 Å². The fourth-order valence-electron chi connectivity index (χ4n) is 4.19. The average molecular weight is 480 g/mol. The molecule has 7 heteroatoms. The summed E-state index contributed by atoms with van der Waals surface area (Å²) in [6, 6.07) is 12.1. The molecule has 3 aromatic rings. The SMILES string of the molecule is [B]Cc1ccc(-c2ccc(-c3ccc(C4COC(CC/C=C/C)OC4)c(F)c3F)cc2)c(F)c1F. The van der Waals surface area contributed by atoms with E-state index in [1.54, 1.807) is 18.2 Å². The number of hydrogen-bond acceptors (Lipinski definition) is 2. The Kier molecular flexibility index (Phi) is 8.09. The van der Waals surface area contributed by atoms with Crippen LogP contribution >= 0.6 is 0 Å². The van der Waals surface area contributed by atoms with Gasteiger partial charge in [-0.3, -0.25) is 0 Å². The van der Waals surface area contributed by atoms with Crippen LogP contribution in [0.25, 0.3) is 22.3 Å². The lowest BCUT2D eigenvalue weighted by Gasteiger charge is -2.30. The molecule has 180 valence electrons. The first kappa shape index (κ1) is 25.2. The van der Waals surface area contributed by atoms with Crippen molar-refractivity contribution in [2.75, 3.05) is 13.2 Å². The zero-order valence-corrected chi connectivity index (χ0v) is 19.4. The summed E-state index contributed by atoms with van der Waals surface area (Å²) in [6.45, 7) is 2.43. The Morgan fingerprint density at radius 2 is 1.37 bits per heavy atom. The smallest absolute Gasteiger partial charge is 0.166 e. The molecule has 1 aliphatic rings. The number of halogens is 4. The third-order valence-electron chi connectivity index (χ3n) is 6.21. The fourth-order valence-corrected chi connectivity index (χ4v) is 4.19. The highest BCUT2D eigenvalue weighted by atomic mass is 19.2. The highest BCUT2D eigenvalue weighted by molar-refractivity contribution is 6.08. The molecule has 2 nitrogen and oxygen atoms in total. The van der Waals surface area contributed by atoms with Crippen LogP contribution in [0.4, 0.5) is 17.6 Å². The molecule has 4 rings (SSSR count). The Labute approximate surface area is 204 Å². The summed E-state index contributed by atoms with van der Waals surface area (Å²) in [6.07, 6.45) is 5.04. The van der Waals surface area contributed by atoms with Crippen LogP contribution in [0.3, 0.4) is 0 Å². The van der Waals surface area contributed by atoms with Gasteiger partial charge >= 0.3 is 0 Å². The summed E-state index contributed by atoms with van der Waals surface area (Å²) in [7, 11) is 5.42. The largest absolute Gasteiger partial charge is 0.352 e. The molecule has 1 heterocycles. The van der Waals surface area contributed by atoms with Gasteiger partial charge in [0.15, 0.2) is 29.6 Å². The third kappa shape index (κ3) is 5.36. The molecule has 0 amide bonds. The average Bonchev–Trinajstić information content (AvgIpc) is 2.88. The lowest BCUT2D eigenvalue weighted by molar-refractivity contribution is -0.189. The molecule has 35 heavy (non-hydrogen) atoms. The third-order valence-corrected chi connectivity index (χ3v) is 6.21. The van der Waals surface area contributed by atoms with Gasteiger partial charge in [0.1, 0.15) is 0 Å². The van der Waals surface area contributed by atoms with Gasteiger partial charge < -0.3 is 9.47 Å². The molecular weight excluding hydrogens is 455 g/mol. The molecule has 0 aromatic heterocycles. The van der Waals surface area contributed by atoms with Gasteiger partial charge in [-0.05, 0) is 35.6 Å². The normalized spacial score (nSPS) is 18.3. The van der Waals surface area contributed by atoms with E-state index < -0.39 is 29.2 Å². The molecule has 0 spiro atoms. The molecule has 0 saturated carbocycles. The zero-order chi connectivity index (χ0) is 24.9. The van der Waals surface area contributed by atoms with Gasteiger partial charge in [0.2, 0.25) is 0 Å². The number of ether oxygens (including phenoxy) is 2. The highest BCUT2D eigenvalue weighted by Gasteiger charge is 2.27. The quantitative estimate of drug-likeness (QED) is 0.205. The van der Waals surface area contributed by atoms with Crippen LogP contribution in [0.15, 0.2) is 60.7 Å². The molecule has 3 aromatic carbocycles. The highest BCUT2D eigenvalue weighted by Crippen LogP contribution is 2.34. The Morgan fingerprint density at radius 3 is 1.94 bits per heavy atom. The van der Waals surface area contributed by atoms with E-state index in [1.165, 1.54) is 30.3 Å². The van der Waals surface area contributed by atoms with E-state index in [-0.39, 0.29) is 48.1 Å². The van der Waals surface area contributed by atoms with Crippen molar-refractivity contribution >= 4 is 7.85 Å². The number of allylic oxidation sites excluding steroid dienone is 2. The van der Waals surface area contributed by atoms with Crippen molar-refractivity contribution in [3.05, 3.63) is 95.1 Å². The summed E-state index contributed by atoms with van der Waals surface area (Å²) >= 11 is 0. The van der Waals surface area contributed by atoms with Crippen LogP contribution in [0.5, 0.6) is 0 Å². The maximum Gasteiger partial charge on any atom is 0.166 e. The molecule has 0 aliphatic carbocycles. The van der Waals surface area contributed by atoms with Crippen molar-refractivity contribution in [3.8, 4) is 22.3 Å². The minimum absolute atomic E-state index is 0.0644. The van der Waals surface area contributed by atoms with E-state index in [1.807, 2.05) is 19.1 Å². The van der Waals surface area contributed by atoms with Crippen molar-refractivity contribution in [2.45, 2.75) is 38.3 Å². The molecule has 0 unspecified atom stereocenters. The predicted octanol–water partition coefficient (Wildman–Crippen LogP) is 7.06. The molecule has 1 aliphatic heterocycles. The van der Waals surface area contributed by atoms with Gasteiger partial charge in [-0.25, -0.2) is 17.6 Å². The molecule has 1 saturated heterocycles. The molecular formula is C28H25BF4O2. The van der Waals surface area contributed by atoms with Crippen LogP contribution in [0.1, 0.15) is 36.8 Å². The van der Waals surface area contributed by atoms with E-state index in [2.05, 4.69) is 0 Å². The minimum atomic E-state index is -0.997. The first-order valence-corrected chi connectivity index (χ1v) is 11.5. The van der Waals surface area contributed by atoms with Crippen LogP contribution in [0.2, 0.25) is 0 Å². The number of benzene rings is 3. The van der Waals surface area contributed by atoms with E-state index >= 15 is 4.39 Å².